The van der Waals surface area contributed by atoms with Crippen molar-refractivity contribution in [2.75, 3.05) is 7.11 Å². The average molecular weight is 494 g/mol. The fraction of sp³-hybridized carbons (Fsp3) is 0.133. The van der Waals surface area contributed by atoms with Crippen molar-refractivity contribution >= 4 is 11.7 Å². The second-order valence-electron chi connectivity index (χ2n) is 9.13. The minimum atomic E-state index is -0.259. The highest BCUT2D eigenvalue weighted by Crippen LogP contribution is 2.54. The minimum absolute atomic E-state index is 0.137. The standard InChI is InChI=1S/C30H24FN3O3/c1-36-34-29(32)19-4-2-17(3-5-19)16-33-30(35)21-9-13-24-26(15-21)28-25-14-20(8-12-23(25)27(24)37-28)18-6-10-22(31)11-7-18/h2-15,27-28H,16H2,1H3,(H2,32,34)(H,33,35)/t27-,28+/m0/s1. The maximum absolute atomic E-state index is 13.4. The van der Waals surface area contributed by atoms with Gasteiger partial charge in [0.25, 0.3) is 5.91 Å². The Balaban J connectivity index is 1.19. The number of rotatable bonds is 6. The maximum atomic E-state index is 13.4. The van der Waals surface area contributed by atoms with Crippen LogP contribution in [0, 0.1) is 5.82 Å². The number of ether oxygens (including phenoxy) is 1. The van der Waals surface area contributed by atoms with Crippen molar-refractivity contribution in [1.82, 2.24) is 5.32 Å². The van der Waals surface area contributed by atoms with Gasteiger partial charge >= 0.3 is 0 Å². The van der Waals surface area contributed by atoms with Gasteiger partial charge in [0.15, 0.2) is 5.84 Å². The van der Waals surface area contributed by atoms with Crippen LogP contribution in [0.5, 0.6) is 0 Å². The van der Waals surface area contributed by atoms with Gasteiger partial charge in [-0.3, -0.25) is 4.79 Å². The number of nitrogens with one attached hydrogen (secondary N) is 1. The average Bonchev–Trinajstić information content (AvgIpc) is 3.49. The maximum Gasteiger partial charge on any atom is 0.251 e. The first kappa shape index (κ1) is 22.9. The molecule has 6 nitrogen and oxygen atoms in total. The number of benzene rings is 4. The van der Waals surface area contributed by atoms with Crippen molar-refractivity contribution in [2.24, 2.45) is 10.9 Å². The number of oxime groups is 1. The Labute approximate surface area is 213 Å². The third kappa shape index (κ3) is 4.13. The number of carbonyl (C=O) groups excluding carboxylic acids is 1. The van der Waals surface area contributed by atoms with Gasteiger partial charge in [-0.05, 0) is 69.3 Å². The molecule has 2 aliphatic heterocycles. The molecule has 4 aromatic rings. The Morgan fingerprint density at radius 2 is 1.49 bits per heavy atom. The van der Waals surface area contributed by atoms with Crippen LogP contribution in [0.4, 0.5) is 4.39 Å². The van der Waals surface area contributed by atoms with Crippen molar-refractivity contribution in [1.29, 1.82) is 0 Å². The zero-order valence-electron chi connectivity index (χ0n) is 20.1. The van der Waals surface area contributed by atoms with E-state index in [4.69, 9.17) is 15.3 Å². The van der Waals surface area contributed by atoms with Gasteiger partial charge in [-0.15, -0.1) is 0 Å². The molecule has 0 unspecified atom stereocenters. The molecule has 2 atom stereocenters. The zero-order valence-corrected chi connectivity index (χ0v) is 20.1. The van der Waals surface area contributed by atoms with Crippen molar-refractivity contribution in [3.05, 3.63) is 130 Å². The molecule has 0 saturated carbocycles. The van der Waals surface area contributed by atoms with Crippen LogP contribution in [0.2, 0.25) is 0 Å². The largest absolute Gasteiger partial charge is 0.397 e. The van der Waals surface area contributed by atoms with Gasteiger partial charge < -0.3 is 20.6 Å². The summed E-state index contributed by atoms with van der Waals surface area (Å²) in [6.07, 6.45) is -0.364. The highest BCUT2D eigenvalue weighted by Gasteiger charge is 2.43. The van der Waals surface area contributed by atoms with Crippen LogP contribution in [-0.2, 0) is 16.1 Å². The summed E-state index contributed by atoms with van der Waals surface area (Å²) in [5.74, 6) is -0.125. The summed E-state index contributed by atoms with van der Waals surface area (Å²) in [6, 6.07) is 25.9. The van der Waals surface area contributed by atoms with Gasteiger partial charge in [0.2, 0.25) is 0 Å². The first-order chi connectivity index (χ1) is 18.0. The lowest BCUT2D eigenvalue weighted by Crippen LogP contribution is -2.23. The summed E-state index contributed by atoms with van der Waals surface area (Å²) in [4.78, 5) is 17.7. The predicted molar refractivity (Wildman–Crippen MR) is 138 cm³/mol. The van der Waals surface area contributed by atoms with E-state index >= 15 is 0 Å². The number of hydrogen-bond donors (Lipinski definition) is 2. The summed E-state index contributed by atoms with van der Waals surface area (Å²) in [6.45, 7) is 0.379. The molecular weight excluding hydrogens is 469 g/mol. The molecule has 0 aromatic heterocycles. The minimum Gasteiger partial charge on any atom is -0.397 e. The van der Waals surface area contributed by atoms with E-state index < -0.39 is 0 Å². The number of fused-ring (bicyclic) bond motifs is 8. The van der Waals surface area contributed by atoms with Crippen molar-refractivity contribution < 1.29 is 18.8 Å². The molecule has 3 N–H and O–H groups in total. The number of hydrogen-bond acceptors (Lipinski definition) is 4. The summed E-state index contributed by atoms with van der Waals surface area (Å²) in [5, 5.41) is 6.70. The van der Waals surface area contributed by atoms with E-state index in [-0.39, 0.29) is 23.9 Å². The van der Waals surface area contributed by atoms with Gasteiger partial charge in [0, 0.05) is 17.7 Å². The lowest BCUT2D eigenvalue weighted by Gasteiger charge is -2.18. The molecule has 6 rings (SSSR count). The Kier molecular flexibility index (Phi) is 5.70. The third-order valence-corrected chi connectivity index (χ3v) is 6.91. The number of halogens is 1. The monoisotopic (exact) mass is 493 g/mol. The quantitative estimate of drug-likeness (QED) is 0.219. The molecule has 1 amide bonds. The van der Waals surface area contributed by atoms with Gasteiger partial charge in [-0.2, -0.15) is 0 Å². The number of nitrogens with two attached hydrogens (primary N) is 1. The third-order valence-electron chi connectivity index (χ3n) is 6.91. The van der Waals surface area contributed by atoms with Crippen LogP contribution in [0.15, 0.2) is 90.1 Å². The van der Waals surface area contributed by atoms with E-state index in [0.717, 1.165) is 44.5 Å². The first-order valence-corrected chi connectivity index (χ1v) is 11.9. The molecule has 2 aliphatic rings. The molecule has 0 spiro atoms. The molecule has 2 bridgehead atoms. The van der Waals surface area contributed by atoms with E-state index in [1.165, 1.54) is 19.2 Å². The molecule has 2 heterocycles. The fourth-order valence-electron chi connectivity index (χ4n) is 5.04. The fourth-order valence-corrected chi connectivity index (χ4v) is 5.04. The van der Waals surface area contributed by atoms with Gasteiger partial charge in [0.1, 0.15) is 25.1 Å². The number of amidine groups is 1. The molecule has 0 aliphatic carbocycles. The molecule has 0 saturated heterocycles. The molecule has 4 aromatic carbocycles. The van der Waals surface area contributed by atoms with Crippen LogP contribution < -0.4 is 11.1 Å². The molecule has 184 valence electrons. The van der Waals surface area contributed by atoms with Gasteiger partial charge in [-0.25, -0.2) is 4.39 Å². The van der Waals surface area contributed by atoms with E-state index in [1.54, 1.807) is 12.1 Å². The first-order valence-electron chi connectivity index (χ1n) is 11.9. The van der Waals surface area contributed by atoms with Crippen LogP contribution in [0.25, 0.3) is 11.1 Å². The second kappa shape index (κ2) is 9.19. The van der Waals surface area contributed by atoms with Crippen molar-refractivity contribution in [3.63, 3.8) is 0 Å². The van der Waals surface area contributed by atoms with E-state index in [0.29, 0.717) is 17.9 Å². The van der Waals surface area contributed by atoms with Gasteiger partial charge in [0.05, 0.1) is 0 Å². The van der Waals surface area contributed by atoms with E-state index in [9.17, 15) is 9.18 Å². The number of carbonyl (C=O) groups is 1. The van der Waals surface area contributed by atoms with Gasteiger partial charge in [-0.1, -0.05) is 59.8 Å². The van der Waals surface area contributed by atoms with Crippen LogP contribution in [0.3, 0.4) is 0 Å². The van der Waals surface area contributed by atoms with Crippen LogP contribution >= 0.6 is 0 Å². The summed E-state index contributed by atoms with van der Waals surface area (Å²) < 4.78 is 19.7. The summed E-state index contributed by atoms with van der Waals surface area (Å²) >= 11 is 0. The molecule has 0 radical (unpaired) electrons. The summed E-state index contributed by atoms with van der Waals surface area (Å²) in [7, 11) is 1.44. The van der Waals surface area contributed by atoms with Crippen LogP contribution in [-0.4, -0.2) is 18.9 Å². The van der Waals surface area contributed by atoms with E-state index in [2.05, 4.69) is 22.6 Å². The Hall–Kier alpha value is -4.49. The number of nitrogens with zero attached hydrogens (tertiary/aromatic N) is 1. The lowest BCUT2D eigenvalue weighted by molar-refractivity contribution is 0.0857. The Bertz CT molecular complexity index is 1530. The Morgan fingerprint density at radius 3 is 2.22 bits per heavy atom. The van der Waals surface area contributed by atoms with Crippen LogP contribution in [0.1, 0.15) is 55.9 Å². The summed E-state index contributed by atoms with van der Waals surface area (Å²) in [5.41, 5.74) is 14.4. The smallest absolute Gasteiger partial charge is 0.251 e. The zero-order chi connectivity index (χ0) is 25.5. The highest BCUT2D eigenvalue weighted by molar-refractivity contribution is 5.97. The normalized spacial score (nSPS) is 17.3. The van der Waals surface area contributed by atoms with Crippen molar-refractivity contribution in [3.8, 4) is 11.1 Å². The highest BCUT2D eigenvalue weighted by atomic mass is 19.1. The van der Waals surface area contributed by atoms with E-state index in [1.807, 2.05) is 48.5 Å². The molecular formula is C30H24FN3O3. The molecule has 0 fully saturated rings. The SMILES string of the molecule is CO/N=C(/N)c1ccc(CNC(=O)c2ccc3c(c2)[C@@H]2O[C@H]3c3ccc(-c4ccc(F)cc4)cc32)cc1. The lowest BCUT2D eigenvalue weighted by atomic mass is 9.84. The van der Waals surface area contributed by atoms with Crippen molar-refractivity contribution in [2.45, 2.75) is 18.8 Å². The topological polar surface area (TPSA) is 85.9 Å². The molecule has 37 heavy (non-hydrogen) atoms. The predicted octanol–water partition coefficient (Wildman–Crippen LogP) is 5.21. The molecule has 7 heteroatoms. The number of amides is 1. The second-order valence-corrected chi connectivity index (χ2v) is 9.13. The Morgan fingerprint density at radius 1 is 0.865 bits per heavy atom.